The Morgan fingerprint density at radius 3 is 2.45 bits per heavy atom. The summed E-state index contributed by atoms with van der Waals surface area (Å²) in [6, 6.07) is 0. The zero-order valence-corrected chi connectivity index (χ0v) is 21.9. The maximum Gasteiger partial charge on any atom is 0.305 e. The van der Waals surface area contributed by atoms with E-state index in [4.69, 9.17) is 9.47 Å². The number of ether oxygens (including phenoxy) is 2. The highest BCUT2D eigenvalue weighted by Crippen LogP contribution is 2.68. The predicted octanol–water partition coefficient (Wildman–Crippen LogP) is 5.79. The SMILES string of the molecule is CCC(=O)O[C@@H]1CC[C@@]2(C)C(C1)SC(=O)C1C2CC[C@@]2(C)C1CCC2[C@H](C)CCC(=O)OC. The number of hydrogen-bond acceptors (Lipinski definition) is 6. The van der Waals surface area contributed by atoms with Crippen molar-refractivity contribution in [2.45, 2.75) is 103 Å². The van der Waals surface area contributed by atoms with Crippen LogP contribution in [-0.2, 0) is 23.9 Å². The third kappa shape index (κ3) is 4.38. The topological polar surface area (TPSA) is 69.7 Å². The Bertz CT molecular complexity index is 782. The zero-order chi connectivity index (χ0) is 24.0. The van der Waals surface area contributed by atoms with Crippen LogP contribution in [0.25, 0.3) is 0 Å². The quantitative estimate of drug-likeness (QED) is 0.450. The van der Waals surface area contributed by atoms with E-state index in [1.54, 1.807) is 11.8 Å². The number of carbonyl (C=O) groups is 3. The van der Waals surface area contributed by atoms with Crippen molar-refractivity contribution in [3.63, 3.8) is 0 Å². The van der Waals surface area contributed by atoms with E-state index in [0.717, 1.165) is 38.5 Å². The van der Waals surface area contributed by atoms with Crippen LogP contribution in [0.3, 0.4) is 0 Å². The van der Waals surface area contributed by atoms with E-state index in [2.05, 4.69) is 20.8 Å². The molecular weight excluding hydrogens is 436 g/mol. The molecule has 0 N–H and O–H groups in total. The summed E-state index contributed by atoms with van der Waals surface area (Å²) in [7, 11) is 1.46. The number of esters is 2. The number of fused-ring (bicyclic) bond motifs is 5. The largest absolute Gasteiger partial charge is 0.469 e. The minimum absolute atomic E-state index is 0.0345. The Labute approximate surface area is 203 Å². The first kappa shape index (κ1) is 25.1. The summed E-state index contributed by atoms with van der Waals surface area (Å²) in [6.07, 6.45) is 9.12. The van der Waals surface area contributed by atoms with Crippen LogP contribution >= 0.6 is 11.8 Å². The normalized spacial score (nSPS) is 43.1. The molecule has 1 aliphatic heterocycles. The zero-order valence-electron chi connectivity index (χ0n) is 21.1. The third-order valence-corrected chi connectivity index (χ3v) is 11.8. The standard InChI is InChI=1S/C27H42O5S/c1-6-22(28)32-17-11-13-27(4)20-12-14-26(3)18(16(2)7-10-23(29)31-5)8-9-19(26)24(20)25(30)33-21(27)15-17/h16-21,24H,6-15H2,1-5H3/t16-,17-,18?,19?,20?,21?,24?,26-,27-/m1/s1. The molecule has 0 aromatic carbocycles. The van der Waals surface area contributed by atoms with Crippen LogP contribution in [0.2, 0.25) is 0 Å². The summed E-state index contributed by atoms with van der Waals surface area (Å²) in [5, 5.41) is 0.652. The van der Waals surface area contributed by atoms with Crippen LogP contribution < -0.4 is 0 Å². The van der Waals surface area contributed by atoms with Gasteiger partial charge in [0, 0.05) is 24.0 Å². The Morgan fingerprint density at radius 1 is 1.06 bits per heavy atom. The lowest BCUT2D eigenvalue weighted by Crippen LogP contribution is -2.57. The van der Waals surface area contributed by atoms with E-state index >= 15 is 0 Å². The lowest BCUT2D eigenvalue weighted by molar-refractivity contribution is -0.153. The van der Waals surface area contributed by atoms with Gasteiger partial charge in [0.05, 0.1) is 7.11 Å². The second kappa shape index (κ2) is 9.54. The molecule has 1 saturated heterocycles. The molecule has 33 heavy (non-hydrogen) atoms. The summed E-state index contributed by atoms with van der Waals surface area (Å²) < 4.78 is 10.5. The maximum absolute atomic E-state index is 13.6. The van der Waals surface area contributed by atoms with Crippen LogP contribution in [0.5, 0.6) is 0 Å². The van der Waals surface area contributed by atoms with Gasteiger partial charge >= 0.3 is 11.9 Å². The van der Waals surface area contributed by atoms with Gasteiger partial charge in [-0.15, -0.1) is 0 Å². The highest BCUT2D eigenvalue weighted by molar-refractivity contribution is 8.14. The minimum Gasteiger partial charge on any atom is -0.469 e. The Balaban J connectivity index is 1.49. The molecule has 0 aromatic rings. The van der Waals surface area contributed by atoms with Gasteiger partial charge in [-0.05, 0) is 85.9 Å². The molecule has 6 heteroatoms. The molecule has 3 saturated carbocycles. The lowest BCUT2D eigenvalue weighted by atomic mass is 9.50. The van der Waals surface area contributed by atoms with E-state index in [9.17, 15) is 14.4 Å². The molecule has 1 heterocycles. The fourth-order valence-electron chi connectivity index (χ4n) is 8.29. The molecule has 5 nitrogen and oxygen atoms in total. The van der Waals surface area contributed by atoms with Crippen molar-refractivity contribution in [1.82, 2.24) is 0 Å². The third-order valence-electron chi connectivity index (χ3n) is 10.2. The summed E-state index contributed by atoms with van der Waals surface area (Å²) in [5.41, 5.74) is 0.332. The van der Waals surface area contributed by atoms with Crippen LogP contribution in [0.1, 0.15) is 91.9 Å². The molecule has 3 aliphatic carbocycles. The van der Waals surface area contributed by atoms with Gasteiger partial charge < -0.3 is 9.47 Å². The van der Waals surface area contributed by atoms with Crippen molar-refractivity contribution in [3.05, 3.63) is 0 Å². The lowest BCUT2D eigenvalue weighted by Gasteiger charge is -2.59. The summed E-state index contributed by atoms with van der Waals surface area (Å²) in [4.78, 5) is 37.2. The second-order valence-corrected chi connectivity index (χ2v) is 12.9. The van der Waals surface area contributed by atoms with Crippen LogP contribution in [0.4, 0.5) is 0 Å². The molecule has 186 valence electrons. The molecule has 4 rings (SSSR count). The Hall–Kier alpha value is -1.04. The predicted molar refractivity (Wildman–Crippen MR) is 129 cm³/mol. The second-order valence-electron chi connectivity index (χ2n) is 11.7. The molecule has 0 radical (unpaired) electrons. The summed E-state index contributed by atoms with van der Waals surface area (Å²) >= 11 is 1.58. The number of rotatable bonds is 6. The molecule has 0 aromatic heterocycles. The number of methoxy groups -OCH3 is 1. The first-order valence-electron chi connectivity index (χ1n) is 13.1. The van der Waals surface area contributed by atoms with E-state index < -0.39 is 0 Å². The van der Waals surface area contributed by atoms with Crippen LogP contribution in [-0.4, -0.2) is 35.5 Å². The van der Waals surface area contributed by atoms with E-state index in [1.165, 1.54) is 20.0 Å². The molecule has 5 unspecified atom stereocenters. The van der Waals surface area contributed by atoms with Gasteiger partial charge in [0.2, 0.25) is 0 Å². The fraction of sp³-hybridized carbons (Fsp3) is 0.889. The van der Waals surface area contributed by atoms with Crippen molar-refractivity contribution < 1.29 is 23.9 Å². The van der Waals surface area contributed by atoms with Gasteiger partial charge in [0.1, 0.15) is 6.10 Å². The highest BCUT2D eigenvalue weighted by atomic mass is 32.2. The van der Waals surface area contributed by atoms with Gasteiger partial charge in [0.15, 0.2) is 5.12 Å². The van der Waals surface area contributed by atoms with E-state index in [1.807, 2.05) is 6.92 Å². The molecule has 0 amide bonds. The van der Waals surface area contributed by atoms with Gasteiger partial charge in [-0.25, -0.2) is 0 Å². The van der Waals surface area contributed by atoms with Gasteiger partial charge in [-0.2, -0.15) is 0 Å². The Morgan fingerprint density at radius 2 is 1.76 bits per heavy atom. The summed E-state index contributed by atoms with van der Waals surface area (Å²) in [5.74, 6) is 1.84. The Kier molecular flexibility index (Phi) is 7.25. The maximum atomic E-state index is 13.6. The average Bonchev–Trinajstić information content (AvgIpc) is 3.15. The minimum atomic E-state index is -0.125. The monoisotopic (exact) mass is 478 g/mol. The van der Waals surface area contributed by atoms with Crippen LogP contribution in [0.15, 0.2) is 0 Å². The molecular formula is C27H42O5S. The van der Waals surface area contributed by atoms with Crippen molar-refractivity contribution in [2.24, 2.45) is 40.4 Å². The van der Waals surface area contributed by atoms with Crippen molar-refractivity contribution in [2.75, 3.05) is 7.11 Å². The number of hydrogen-bond donors (Lipinski definition) is 0. The van der Waals surface area contributed by atoms with Gasteiger partial charge in [-0.3, -0.25) is 14.4 Å². The van der Waals surface area contributed by atoms with E-state index in [0.29, 0.717) is 41.6 Å². The van der Waals surface area contributed by atoms with Crippen molar-refractivity contribution >= 4 is 28.8 Å². The fourth-order valence-corrected chi connectivity index (χ4v) is 9.93. The van der Waals surface area contributed by atoms with Gasteiger partial charge in [-0.1, -0.05) is 39.5 Å². The first-order chi connectivity index (χ1) is 15.6. The van der Waals surface area contributed by atoms with Crippen LogP contribution in [0, 0.1) is 40.4 Å². The number of thioether (sulfide) groups is 1. The molecule has 0 bridgehead atoms. The van der Waals surface area contributed by atoms with Crippen molar-refractivity contribution in [3.8, 4) is 0 Å². The highest BCUT2D eigenvalue weighted by Gasteiger charge is 2.63. The molecule has 4 aliphatic rings. The summed E-state index contributed by atoms with van der Waals surface area (Å²) in [6.45, 7) is 8.98. The molecule has 9 atom stereocenters. The smallest absolute Gasteiger partial charge is 0.305 e. The first-order valence-corrected chi connectivity index (χ1v) is 14.0. The van der Waals surface area contributed by atoms with Gasteiger partial charge in [0.25, 0.3) is 0 Å². The van der Waals surface area contributed by atoms with Crippen molar-refractivity contribution in [1.29, 1.82) is 0 Å². The molecule has 4 fully saturated rings. The van der Waals surface area contributed by atoms with E-state index in [-0.39, 0.29) is 40.0 Å². The average molecular weight is 479 g/mol. The molecule has 0 spiro atoms. The number of carbonyl (C=O) groups excluding carboxylic acids is 3.